The lowest BCUT2D eigenvalue weighted by atomic mass is 10.3. The Labute approximate surface area is 89.3 Å². The van der Waals surface area contributed by atoms with Crippen molar-refractivity contribution in [3.05, 3.63) is 30.3 Å². The Hall–Kier alpha value is -1.55. The van der Waals surface area contributed by atoms with E-state index < -0.39 is 5.97 Å². The number of benzene rings is 1. The Morgan fingerprint density at radius 2 is 1.93 bits per heavy atom. The Kier molecular flexibility index (Phi) is 5.25. The van der Waals surface area contributed by atoms with Gasteiger partial charge in [-0.05, 0) is 25.1 Å². The Bertz CT molecular complexity index is 288. The molecule has 4 heteroatoms. The number of carboxylic acids is 1. The van der Waals surface area contributed by atoms with E-state index in [9.17, 15) is 4.79 Å². The predicted molar refractivity (Wildman–Crippen MR) is 60.1 cm³/mol. The summed E-state index contributed by atoms with van der Waals surface area (Å²) in [6.45, 7) is 1.59. The molecule has 0 bridgehead atoms. The van der Waals surface area contributed by atoms with Crippen LogP contribution in [-0.2, 0) is 4.79 Å². The maximum atomic E-state index is 10.2. The average Bonchev–Trinajstić information content (AvgIpc) is 2.24. The molecule has 3 N–H and O–H groups in total. The van der Waals surface area contributed by atoms with Crippen LogP contribution in [0, 0.1) is 0 Å². The molecule has 0 spiro atoms. The smallest absolute Gasteiger partial charge is 0.317 e. The van der Waals surface area contributed by atoms with Crippen molar-refractivity contribution in [1.29, 1.82) is 0 Å². The van der Waals surface area contributed by atoms with E-state index in [2.05, 4.69) is 10.6 Å². The number of carbonyl (C=O) groups is 1. The highest BCUT2D eigenvalue weighted by atomic mass is 16.4. The molecule has 0 aliphatic heterocycles. The third-order valence-corrected chi connectivity index (χ3v) is 1.91. The molecule has 1 rings (SSSR count). The van der Waals surface area contributed by atoms with Gasteiger partial charge >= 0.3 is 5.97 Å². The maximum absolute atomic E-state index is 10.2. The van der Waals surface area contributed by atoms with Crippen LogP contribution < -0.4 is 10.6 Å². The summed E-state index contributed by atoms with van der Waals surface area (Å²) in [6.07, 6.45) is 0.905. The predicted octanol–water partition coefficient (Wildman–Crippen LogP) is 1.16. The molecule has 0 aliphatic carbocycles. The minimum Gasteiger partial charge on any atom is -0.480 e. The molecule has 0 aliphatic rings. The monoisotopic (exact) mass is 208 g/mol. The van der Waals surface area contributed by atoms with E-state index in [0.717, 1.165) is 18.7 Å². The topological polar surface area (TPSA) is 61.4 Å². The maximum Gasteiger partial charge on any atom is 0.317 e. The van der Waals surface area contributed by atoms with Crippen LogP contribution >= 0.6 is 0 Å². The first-order valence-corrected chi connectivity index (χ1v) is 5.00. The highest BCUT2D eigenvalue weighted by Crippen LogP contribution is 2.03. The molecule has 0 fully saturated rings. The summed E-state index contributed by atoms with van der Waals surface area (Å²) in [7, 11) is 0. The number of carboxylic acid groups (broad SMARTS) is 1. The molecule has 1 aromatic rings. The van der Waals surface area contributed by atoms with Crippen LogP contribution in [0.1, 0.15) is 6.42 Å². The number of rotatable bonds is 7. The van der Waals surface area contributed by atoms with Crippen molar-refractivity contribution in [3.8, 4) is 0 Å². The SMILES string of the molecule is O=C(O)CNCCCNc1ccccc1. The van der Waals surface area contributed by atoms with E-state index in [1.54, 1.807) is 0 Å². The molecule has 0 saturated heterocycles. The summed E-state index contributed by atoms with van der Waals surface area (Å²) in [5.74, 6) is -0.814. The fraction of sp³-hybridized carbons (Fsp3) is 0.364. The second-order valence-corrected chi connectivity index (χ2v) is 3.22. The zero-order chi connectivity index (χ0) is 10.9. The molecule has 1 aromatic carbocycles. The molecule has 0 atom stereocenters. The highest BCUT2D eigenvalue weighted by molar-refractivity contribution is 5.68. The third kappa shape index (κ3) is 5.70. The minimum absolute atomic E-state index is 0.0331. The van der Waals surface area contributed by atoms with Crippen LogP contribution in [0.2, 0.25) is 0 Å². The van der Waals surface area contributed by atoms with Gasteiger partial charge in [-0.1, -0.05) is 18.2 Å². The largest absolute Gasteiger partial charge is 0.480 e. The number of para-hydroxylation sites is 1. The molecule has 0 aromatic heterocycles. The molecule has 82 valence electrons. The zero-order valence-electron chi connectivity index (χ0n) is 8.57. The van der Waals surface area contributed by atoms with E-state index in [-0.39, 0.29) is 6.54 Å². The van der Waals surface area contributed by atoms with E-state index in [1.165, 1.54) is 0 Å². The van der Waals surface area contributed by atoms with Gasteiger partial charge in [-0.25, -0.2) is 0 Å². The lowest BCUT2D eigenvalue weighted by Gasteiger charge is -2.05. The van der Waals surface area contributed by atoms with Gasteiger partial charge in [-0.15, -0.1) is 0 Å². The lowest BCUT2D eigenvalue weighted by Crippen LogP contribution is -2.24. The molecule has 0 amide bonds. The van der Waals surface area contributed by atoms with Crippen LogP contribution in [0.3, 0.4) is 0 Å². The fourth-order valence-electron chi connectivity index (χ4n) is 1.20. The average molecular weight is 208 g/mol. The summed E-state index contributed by atoms with van der Waals surface area (Å²) in [4.78, 5) is 10.2. The Morgan fingerprint density at radius 3 is 2.60 bits per heavy atom. The minimum atomic E-state index is -0.814. The zero-order valence-corrected chi connectivity index (χ0v) is 8.57. The van der Waals surface area contributed by atoms with Crippen molar-refractivity contribution in [2.45, 2.75) is 6.42 Å². The van der Waals surface area contributed by atoms with Gasteiger partial charge in [0.1, 0.15) is 0 Å². The van der Waals surface area contributed by atoms with Crippen molar-refractivity contribution in [2.24, 2.45) is 0 Å². The van der Waals surface area contributed by atoms with Crippen LogP contribution in [0.5, 0.6) is 0 Å². The molecule has 15 heavy (non-hydrogen) atoms. The van der Waals surface area contributed by atoms with Crippen molar-refractivity contribution in [2.75, 3.05) is 25.0 Å². The summed E-state index contributed by atoms with van der Waals surface area (Å²) in [5.41, 5.74) is 1.09. The number of anilines is 1. The van der Waals surface area contributed by atoms with Gasteiger partial charge in [0, 0.05) is 12.2 Å². The molecule has 0 radical (unpaired) electrons. The second kappa shape index (κ2) is 6.84. The summed E-state index contributed by atoms with van der Waals surface area (Å²) < 4.78 is 0. The Balaban J connectivity index is 2.00. The van der Waals surface area contributed by atoms with Gasteiger partial charge in [0.15, 0.2) is 0 Å². The first kappa shape index (κ1) is 11.5. The van der Waals surface area contributed by atoms with Gasteiger partial charge in [0.2, 0.25) is 0 Å². The quantitative estimate of drug-likeness (QED) is 0.588. The Morgan fingerprint density at radius 1 is 1.20 bits per heavy atom. The summed E-state index contributed by atoms with van der Waals surface area (Å²) in [6, 6.07) is 9.94. The van der Waals surface area contributed by atoms with Crippen molar-refractivity contribution < 1.29 is 9.90 Å². The van der Waals surface area contributed by atoms with Crippen LogP contribution in [0.4, 0.5) is 5.69 Å². The van der Waals surface area contributed by atoms with Gasteiger partial charge in [-0.3, -0.25) is 4.79 Å². The summed E-state index contributed by atoms with van der Waals surface area (Å²) >= 11 is 0. The third-order valence-electron chi connectivity index (χ3n) is 1.91. The normalized spacial score (nSPS) is 9.87. The molecular formula is C11H16N2O2. The van der Waals surface area contributed by atoms with Crippen molar-refractivity contribution in [1.82, 2.24) is 5.32 Å². The molecular weight excluding hydrogens is 192 g/mol. The second-order valence-electron chi connectivity index (χ2n) is 3.22. The van der Waals surface area contributed by atoms with Crippen LogP contribution in [0.25, 0.3) is 0 Å². The molecule has 4 nitrogen and oxygen atoms in total. The van der Waals surface area contributed by atoms with E-state index >= 15 is 0 Å². The number of nitrogens with one attached hydrogen (secondary N) is 2. The molecule has 0 saturated carbocycles. The first-order valence-electron chi connectivity index (χ1n) is 5.00. The number of hydrogen-bond donors (Lipinski definition) is 3. The summed E-state index contributed by atoms with van der Waals surface area (Å²) in [5, 5.41) is 14.4. The number of hydrogen-bond acceptors (Lipinski definition) is 3. The first-order chi connectivity index (χ1) is 7.29. The lowest BCUT2D eigenvalue weighted by molar-refractivity contribution is -0.135. The molecule has 0 unspecified atom stereocenters. The molecule has 0 heterocycles. The van der Waals surface area contributed by atoms with Gasteiger partial charge in [0.05, 0.1) is 6.54 Å². The van der Waals surface area contributed by atoms with Crippen LogP contribution in [-0.4, -0.2) is 30.7 Å². The number of aliphatic carboxylic acids is 1. The van der Waals surface area contributed by atoms with E-state index in [0.29, 0.717) is 6.54 Å². The van der Waals surface area contributed by atoms with Crippen molar-refractivity contribution in [3.63, 3.8) is 0 Å². The van der Waals surface area contributed by atoms with Crippen molar-refractivity contribution >= 4 is 11.7 Å². The van der Waals surface area contributed by atoms with E-state index in [1.807, 2.05) is 30.3 Å². The van der Waals surface area contributed by atoms with Crippen LogP contribution in [0.15, 0.2) is 30.3 Å². The van der Waals surface area contributed by atoms with Gasteiger partial charge in [-0.2, -0.15) is 0 Å². The fourth-order valence-corrected chi connectivity index (χ4v) is 1.20. The van der Waals surface area contributed by atoms with Gasteiger partial charge < -0.3 is 15.7 Å². The standard InChI is InChI=1S/C11H16N2O2/c14-11(15)9-12-7-4-8-13-10-5-2-1-3-6-10/h1-3,5-6,12-13H,4,7-9H2,(H,14,15). The van der Waals surface area contributed by atoms with Gasteiger partial charge in [0.25, 0.3) is 0 Å². The van der Waals surface area contributed by atoms with E-state index in [4.69, 9.17) is 5.11 Å². The highest BCUT2D eigenvalue weighted by Gasteiger charge is 1.94.